The lowest BCUT2D eigenvalue weighted by atomic mass is 10.0. The largest absolute Gasteiger partial charge is 0.398 e. The molecule has 0 saturated heterocycles. The van der Waals surface area contributed by atoms with Gasteiger partial charge in [0.25, 0.3) is 0 Å². The minimum atomic E-state index is 0. The summed E-state index contributed by atoms with van der Waals surface area (Å²) in [4.78, 5) is 0. The van der Waals surface area contributed by atoms with Crippen LogP contribution in [0.15, 0.2) is 12.1 Å². The Balaban J connectivity index is 0. The third kappa shape index (κ3) is 4.45. The van der Waals surface area contributed by atoms with Crippen LogP contribution in [0.2, 0.25) is 0 Å². The van der Waals surface area contributed by atoms with Gasteiger partial charge in [0.05, 0.1) is 0 Å². The number of aliphatic hydroxyl groups is 2. The smallest absolute Gasteiger partial charge is 0.0472 e. The number of anilines is 2. The van der Waals surface area contributed by atoms with Crippen molar-refractivity contribution in [3.05, 3.63) is 23.3 Å². The van der Waals surface area contributed by atoms with E-state index < -0.39 is 0 Å². The zero-order chi connectivity index (χ0) is 10.6. The van der Waals surface area contributed by atoms with Crippen molar-refractivity contribution in [2.24, 2.45) is 0 Å². The van der Waals surface area contributed by atoms with E-state index in [1.807, 2.05) is 6.07 Å². The fraction of sp³-hybridized carbons (Fsp3) is 0.400. The van der Waals surface area contributed by atoms with Gasteiger partial charge in [0.15, 0.2) is 0 Å². The molecule has 1 aromatic carbocycles. The summed E-state index contributed by atoms with van der Waals surface area (Å²) in [6.07, 6.45) is 1.04. The second-order valence-electron chi connectivity index (χ2n) is 3.20. The van der Waals surface area contributed by atoms with Gasteiger partial charge >= 0.3 is 0 Å². The summed E-state index contributed by atoms with van der Waals surface area (Å²) in [7, 11) is 0. The van der Waals surface area contributed by atoms with Gasteiger partial charge in [-0.25, -0.2) is 0 Å². The quantitative estimate of drug-likeness (QED) is 0.607. The molecule has 1 aromatic rings. The summed E-state index contributed by atoms with van der Waals surface area (Å²) in [5.41, 5.74) is 14.4. The van der Waals surface area contributed by atoms with E-state index in [-0.39, 0.29) is 38.0 Å². The highest BCUT2D eigenvalue weighted by Crippen LogP contribution is 2.21. The molecule has 0 fully saturated rings. The van der Waals surface area contributed by atoms with E-state index >= 15 is 0 Å². The molecule has 1 rings (SSSR count). The van der Waals surface area contributed by atoms with Crippen molar-refractivity contribution in [3.63, 3.8) is 0 Å². The Kier molecular flexibility index (Phi) is 9.37. The molecule has 94 valence electrons. The van der Waals surface area contributed by atoms with E-state index in [9.17, 15) is 0 Å². The third-order valence-electron chi connectivity index (χ3n) is 2.16. The maximum Gasteiger partial charge on any atom is 0.0472 e. The molecule has 6 N–H and O–H groups in total. The van der Waals surface area contributed by atoms with Crippen LogP contribution in [0.3, 0.4) is 0 Å². The number of rotatable bonds is 4. The van der Waals surface area contributed by atoms with Gasteiger partial charge in [-0.2, -0.15) is 0 Å². The van der Waals surface area contributed by atoms with E-state index in [1.165, 1.54) is 0 Å². The van der Waals surface area contributed by atoms with Crippen LogP contribution in [-0.2, 0) is 12.8 Å². The van der Waals surface area contributed by atoms with Gasteiger partial charge in [-0.05, 0) is 30.0 Å². The Morgan fingerprint density at radius 1 is 0.812 bits per heavy atom. The molecule has 0 heterocycles. The lowest BCUT2D eigenvalue weighted by Gasteiger charge is -2.10. The van der Waals surface area contributed by atoms with Gasteiger partial charge < -0.3 is 21.7 Å². The summed E-state index contributed by atoms with van der Waals surface area (Å²) in [5, 5.41) is 17.6. The molecule has 0 saturated carbocycles. The first-order valence-electron chi connectivity index (χ1n) is 4.57. The molecule has 0 atom stereocenters. The van der Waals surface area contributed by atoms with Crippen LogP contribution in [-0.4, -0.2) is 23.4 Å². The number of benzene rings is 1. The van der Waals surface area contributed by atoms with E-state index in [1.54, 1.807) is 6.07 Å². The summed E-state index contributed by atoms with van der Waals surface area (Å²) in [6.45, 7) is 0.124. The predicted octanol–water partition coefficient (Wildman–Crippen LogP) is 0.764. The summed E-state index contributed by atoms with van der Waals surface area (Å²) < 4.78 is 0. The highest BCUT2D eigenvalue weighted by molar-refractivity contribution is 5.85. The zero-order valence-electron chi connectivity index (χ0n) is 8.85. The molecule has 0 unspecified atom stereocenters. The standard InChI is InChI=1S/C10H16N2O2.2ClH/c11-9-6-10(12)8(2-4-14)5-7(9)1-3-13;;/h5-6,13-14H,1-4,11-12H2;2*1H. The molecule has 0 aromatic heterocycles. The molecule has 0 aliphatic carbocycles. The van der Waals surface area contributed by atoms with Crippen LogP contribution in [0.5, 0.6) is 0 Å². The number of halogens is 2. The summed E-state index contributed by atoms with van der Waals surface area (Å²) in [5.74, 6) is 0. The van der Waals surface area contributed by atoms with Gasteiger partial charge in [0.2, 0.25) is 0 Å². The van der Waals surface area contributed by atoms with Crippen LogP contribution in [0.25, 0.3) is 0 Å². The van der Waals surface area contributed by atoms with Crippen molar-refractivity contribution in [1.82, 2.24) is 0 Å². The Labute approximate surface area is 107 Å². The van der Waals surface area contributed by atoms with Gasteiger partial charge in [-0.1, -0.05) is 6.07 Å². The highest BCUT2D eigenvalue weighted by Gasteiger charge is 2.05. The van der Waals surface area contributed by atoms with E-state index in [2.05, 4.69) is 0 Å². The summed E-state index contributed by atoms with van der Waals surface area (Å²) in [6, 6.07) is 3.52. The van der Waals surface area contributed by atoms with E-state index in [0.29, 0.717) is 24.2 Å². The number of nitrogens with two attached hydrogens (primary N) is 2. The molecule has 0 radical (unpaired) electrons. The molecule has 0 aliphatic heterocycles. The number of nitrogen functional groups attached to an aromatic ring is 2. The second-order valence-corrected chi connectivity index (χ2v) is 3.20. The predicted molar refractivity (Wildman–Crippen MR) is 71.3 cm³/mol. The van der Waals surface area contributed by atoms with Crippen LogP contribution in [0, 0.1) is 0 Å². The average molecular weight is 269 g/mol. The minimum Gasteiger partial charge on any atom is -0.398 e. The Morgan fingerprint density at radius 3 is 1.50 bits per heavy atom. The van der Waals surface area contributed by atoms with E-state index in [4.69, 9.17) is 21.7 Å². The Hall–Kier alpha value is -0.680. The zero-order valence-corrected chi connectivity index (χ0v) is 10.5. The maximum atomic E-state index is 8.80. The lowest BCUT2D eigenvalue weighted by molar-refractivity contribution is 0.298. The maximum absolute atomic E-state index is 8.80. The minimum absolute atomic E-state index is 0. The van der Waals surface area contributed by atoms with Gasteiger partial charge in [-0.3, -0.25) is 0 Å². The van der Waals surface area contributed by atoms with Crippen molar-refractivity contribution < 1.29 is 10.2 Å². The molecule has 6 heteroatoms. The van der Waals surface area contributed by atoms with Crippen molar-refractivity contribution in [1.29, 1.82) is 0 Å². The average Bonchev–Trinajstić information content (AvgIpc) is 2.14. The fourth-order valence-electron chi connectivity index (χ4n) is 1.40. The first-order chi connectivity index (χ1) is 6.69. The van der Waals surface area contributed by atoms with Gasteiger partial charge in [0.1, 0.15) is 0 Å². The molecular formula is C10H18Cl2N2O2. The topological polar surface area (TPSA) is 92.5 Å². The van der Waals surface area contributed by atoms with Crippen LogP contribution >= 0.6 is 24.8 Å². The number of hydrogen-bond donors (Lipinski definition) is 4. The number of hydrogen-bond acceptors (Lipinski definition) is 4. The first-order valence-corrected chi connectivity index (χ1v) is 4.57. The fourth-order valence-corrected chi connectivity index (χ4v) is 1.40. The molecule has 0 aliphatic rings. The molecule has 0 amide bonds. The van der Waals surface area contributed by atoms with Gasteiger partial charge in [0, 0.05) is 24.6 Å². The van der Waals surface area contributed by atoms with Crippen molar-refractivity contribution in [2.45, 2.75) is 12.8 Å². The first kappa shape index (κ1) is 17.7. The highest BCUT2D eigenvalue weighted by atomic mass is 35.5. The summed E-state index contributed by atoms with van der Waals surface area (Å²) >= 11 is 0. The van der Waals surface area contributed by atoms with Crippen LogP contribution in [0.4, 0.5) is 11.4 Å². The third-order valence-corrected chi connectivity index (χ3v) is 2.16. The van der Waals surface area contributed by atoms with Crippen LogP contribution < -0.4 is 11.5 Å². The SMILES string of the molecule is Cl.Cl.Nc1cc(N)c(CCO)cc1CCO. The monoisotopic (exact) mass is 268 g/mol. The van der Waals surface area contributed by atoms with E-state index in [0.717, 1.165) is 11.1 Å². The van der Waals surface area contributed by atoms with Gasteiger partial charge in [-0.15, -0.1) is 24.8 Å². The van der Waals surface area contributed by atoms with Crippen molar-refractivity contribution in [2.75, 3.05) is 24.7 Å². The Morgan fingerprint density at radius 2 is 1.19 bits per heavy atom. The molecule has 16 heavy (non-hydrogen) atoms. The molecule has 0 bridgehead atoms. The molecule has 4 nitrogen and oxygen atoms in total. The van der Waals surface area contributed by atoms with Crippen molar-refractivity contribution in [3.8, 4) is 0 Å². The second kappa shape index (κ2) is 8.47. The normalized spacial score (nSPS) is 9.12. The molecule has 0 spiro atoms. The Bertz CT molecular complexity index is 295. The molecular weight excluding hydrogens is 251 g/mol. The number of aliphatic hydroxyl groups excluding tert-OH is 2. The van der Waals surface area contributed by atoms with Crippen LogP contribution in [0.1, 0.15) is 11.1 Å². The lowest BCUT2D eigenvalue weighted by Crippen LogP contribution is -2.04. The van der Waals surface area contributed by atoms with Crippen molar-refractivity contribution >= 4 is 36.2 Å².